The molecule has 4 rings (SSSR count). The number of carboxylic acid groups (broad SMARTS) is 1. The molecule has 2 aliphatic rings. The Labute approximate surface area is 179 Å². The van der Waals surface area contributed by atoms with E-state index < -0.39 is 35.2 Å². The van der Waals surface area contributed by atoms with Gasteiger partial charge in [-0.3, -0.25) is 19.6 Å². The average molecular weight is 447 g/mol. The highest BCUT2D eigenvalue weighted by molar-refractivity contribution is 8.01. The van der Waals surface area contributed by atoms with Crippen LogP contribution >= 0.6 is 23.5 Å². The molecule has 2 aliphatic heterocycles. The van der Waals surface area contributed by atoms with Crippen LogP contribution in [0.4, 0.5) is 0 Å². The molecule has 0 radical (unpaired) electrons. The Morgan fingerprint density at radius 1 is 1.40 bits per heavy atom. The van der Waals surface area contributed by atoms with E-state index in [1.807, 2.05) is 6.07 Å². The first kappa shape index (κ1) is 20.4. The number of fused-ring (bicyclic) bond motifs is 1. The van der Waals surface area contributed by atoms with E-state index in [1.165, 1.54) is 28.4 Å². The van der Waals surface area contributed by atoms with Crippen LogP contribution in [0, 0.1) is 0 Å². The Bertz CT molecular complexity index is 997. The summed E-state index contributed by atoms with van der Waals surface area (Å²) in [6.07, 6.45) is 1.61. The van der Waals surface area contributed by atoms with Crippen LogP contribution in [0.3, 0.4) is 0 Å². The molecule has 1 aromatic heterocycles. The standard InChI is InChI=1S/C18H18N6O4S2/c19-12(9-4-2-1-3-5-9)15(25)21-13-16(26)24-14(18(27)28)10(8-30-17(13)24)7-29-11-6-20-23-22-11/h1-6,12-13,17H,7-8,19H2,(H,21,25)(H,27,28)(H,20,22,23)/t12?,13?,17-/m0/s1. The van der Waals surface area contributed by atoms with Crippen molar-refractivity contribution in [1.29, 1.82) is 0 Å². The molecule has 2 amide bonds. The number of hydrogen-bond donors (Lipinski definition) is 4. The molecule has 5 N–H and O–H groups in total. The lowest BCUT2D eigenvalue weighted by atomic mass is 10.0. The molecule has 30 heavy (non-hydrogen) atoms. The Kier molecular flexibility index (Phi) is 5.79. The Morgan fingerprint density at radius 3 is 2.83 bits per heavy atom. The molecular weight excluding hydrogens is 428 g/mol. The van der Waals surface area contributed by atoms with Crippen LogP contribution in [0.15, 0.2) is 52.8 Å². The summed E-state index contributed by atoms with van der Waals surface area (Å²) >= 11 is 2.74. The maximum absolute atomic E-state index is 12.7. The highest BCUT2D eigenvalue weighted by atomic mass is 32.2. The lowest BCUT2D eigenvalue weighted by Gasteiger charge is -2.49. The minimum absolute atomic E-state index is 0.0300. The van der Waals surface area contributed by atoms with Crippen LogP contribution in [0.2, 0.25) is 0 Å². The molecule has 156 valence electrons. The number of amides is 2. The summed E-state index contributed by atoms with van der Waals surface area (Å²) in [7, 11) is 0. The molecule has 0 bridgehead atoms. The van der Waals surface area contributed by atoms with Crippen molar-refractivity contribution in [2.75, 3.05) is 11.5 Å². The molecule has 2 unspecified atom stereocenters. The molecule has 0 aliphatic carbocycles. The number of aromatic nitrogens is 3. The van der Waals surface area contributed by atoms with Gasteiger partial charge in [0.2, 0.25) is 5.91 Å². The molecule has 2 aromatic rings. The maximum Gasteiger partial charge on any atom is 0.352 e. The number of aromatic amines is 1. The van der Waals surface area contributed by atoms with Crippen LogP contribution in [0.25, 0.3) is 0 Å². The lowest BCUT2D eigenvalue weighted by molar-refractivity contribution is -0.150. The maximum atomic E-state index is 12.7. The normalized spacial score (nSPS) is 21.6. The largest absolute Gasteiger partial charge is 0.477 e. The van der Waals surface area contributed by atoms with E-state index in [2.05, 4.69) is 20.7 Å². The monoisotopic (exact) mass is 446 g/mol. The summed E-state index contributed by atoms with van der Waals surface area (Å²) in [6, 6.07) is 7.12. The number of nitrogens with one attached hydrogen (secondary N) is 2. The Hall–Kier alpha value is -2.83. The van der Waals surface area contributed by atoms with Gasteiger partial charge in [0.15, 0.2) is 0 Å². The van der Waals surface area contributed by atoms with E-state index in [1.54, 1.807) is 30.5 Å². The van der Waals surface area contributed by atoms with Gasteiger partial charge in [-0.1, -0.05) is 47.3 Å². The van der Waals surface area contributed by atoms with Gasteiger partial charge in [-0.2, -0.15) is 0 Å². The number of carboxylic acids is 1. The molecule has 1 saturated heterocycles. The summed E-state index contributed by atoms with van der Waals surface area (Å²) in [5.74, 6) is -1.31. The van der Waals surface area contributed by atoms with E-state index in [9.17, 15) is 19.5 Å². The first-order valence-corrected chi connectivity index (χ1v) is 11.0. The number of carbonyl (C=O) groups is 3. The smallest absolute Gasteiger partial charge is 0.352 e. The predicted molar refractivity (Wildman–Crippen MR) is 110 cm³/mol. The van der Waals surface area contributed by atoms with Gasteiger partial charge < -0.3 is 16.2 Å². The number of aliphatic carboxylic acids is 1. The second kappa shape index (κ2) is 8.50. The molecular formula is C18H18N6O4S2. The van der Waals surface area contributed by atoms with Crippen molar-refractivity contribution in [3.8, 4) is 0 Å². The van der Waals surface area contributed by atoms with Crippen molar-refractivity contribution in [2.45, 2.75) is 22.5 Å². The van der Waals surface area contributed by atoms with Crippen LogP contribution in [-0.4, -0.2) is 66.1 Å². The zero-order valence-electron chi connectivity index (χ0n) is 15.5. The zero-order chi connectivity index (χ0) is 21.3. The van der Waals surface area contributed by atoms with Crippen molar-refractivity contribution in [1.82, 2.24) is 25.6 Å². The van der Waals surface area contributed by atoms with Gasteiger partial charge in [-0.15, -0.1) is 16.9 Å². The zero-order valence-corrected chi connectivity index (χ0v) is 17.2. The van der Waals surface area contributed by atoms with Crippen molar-refractivity contribution in [3.63, 3.8) is 0 Å². The third kappa shape index (κ3) is 3.80. The number of β-lactam (4-membered cyclic amide) rings is 1. The molecule has 12 heteroatoms. The van der Waals surface area contributed by atoms with Gasteiger partial charge in [0.05, 0.1) is 6.20 Å². The molecule has 0 spiro atoms. The number of thioether (sulfide) groups is 2. The van der Waals surface area contributed by atoms with Gasteiger partial charge in [-0.05, 0) is 11.1 Å². The van der Waals surface area contributed by atoms with Crippen molar-refractivity contribution < 1.29 is 19.5 Å². The van der Waals surface area contributed by atoms with E-state index in [0.29, 0.717) is 27.7 Å². The molecule has 1 aromatic carbocycles. The Morgan fingerprint density at radius 2 is 2.17 bits per heavy atom. The van der Waals surface area contributed by atoms with E-state index in [-0.39, 0.29) is 5.70 Å². The van der Waals surface area contributed by atoms with Crippen molar-refractivity contribution in [3.05, 3.63) is 53.4 Å². The van der Waals surface area contributed by atoms with E-state index in [0.717, 1.165) is 0 Å². The van der Waals surface area contributed by atoms with Crippen molar-refractivity contribution >= 4 is 41.3 Å². The van der Waals surface area contributed by atoms with Crippen LogP contribution in [0.5, 0.6) is 0 Å². The Balaban J connectivity index is 1.46. The minimum Gasteiger partial charge on any atom is -0.477 e. The number of nitrogens with two attached hydrogens (primary N) is 1. The number of nitrogens with zero attached hydrogens (tertiary/aromatic N) is 3. The fourth-order valence-corrected chi connectivity index (χ4v) is 5.54. The first-order chi connectivity index (χ1) is 14.5. The topological polar surface area (TPSA) is 154 Å². The second-order valence-corrected chi connectivity index (χ2v) is 8.74. The summed E-state index contributed by atoms with van der Waals surface area (Å²) in [4.78, 5) is 38.3. The average Bonchev–Trinajstić information content (AvgIpc) is 3.28. The summed E-state index contributed by atoms with van der Waals surface area (Å²) < 4.78 is 0. The number of benzene rings is 1. The minimum atomic E-state index is -1.17. The second-order valence-electron chi connectivity index (χ2n) is 6.64. The number of carbonyl (C=O) groups excluding carboxylic acids is 2. The fourth-order valence-electron chi connectivity index (χ4n) is 3.27. The van der Waals surface area contributed by atoms with Gasteiger partial charge in [-0.25, -0.2) is 4.79 Å². The number of H-pyrrole nitrogens is 1. The van der Waals surface area contributed by atoms with E-state index in [4.69, 9.17) is 5.73 Å². The third-order valence-electron chi connectivity index (χ3n) is 4.78. The quantitative estimate of drug-likeness (QED) is 0.348. The summed E-state index contributed by atoms with van der Waals surface area (Å²) in [5, 5.41) is 22.6. The van der Waals surface area contributed by atoms with Crippen LogP contribution in [-0.2, 0) is 14.4 Å². The van der Waals surface area contributed by atoms with Crippen molar-refractivity contribution in [2.24, 2.45) is 5.73 Å². The van der Waals surface area contributed by atoms with Gasteiger partial charge in [0, 0.05) is 11.5 Å². The van der Waals surface area contributed by atoms with Crippen LogP contribution < -0.4 is 11.1 Å². The van der Waals surface area contributed by atoms with Gasteiger partial charge in [0.1, 0.15) is 28.2 Å². The van der Waals surface area contributed by atoms with Gasteiger partial charge >= 0.3 is 5.97 Å². The lowest BCUT2D eigenvalue weighted by Crippen LogP contribution is -2.71. The predicted octanol–water partition coefficient (Wildman–Crippen LogP) is 0.335. The first-order valence-electron chi connectivity index (χ1n) is 8.97. The number of rotatable bonds is 7. The van der Waals surface area contributed by atoms with Gasteiger partial charge in [0.25, 0.3) is 5.91 Å². The number of hydrogen-bond acceptors (Lipinski definition) is 8. The summed E-state index contributed by atoms with van der Waals surface area (Å²) in [5.41, 5.74) is 7.22. The molecule has 10 nitrogen and oxygen atoms in total. The molecule has 0 saturated carbocycles. The fraction of sp³-hybridized carbons (Fsp3) is 0.278. The third-order valence-corrected chi connectivity index (χ3v) is 7.11. The summed E-state index contributed by atoms with van der Waals surface area (Å²) in [6.45, 7) is 0. The van der Waals surface area contributed by atoms with Crippen LogP contribution in [0.1, 0.15) is 11.6 Å². The highest BCUT2D eigenvalue weighted by Gasteiger charge is 2.54. The SMILES string of the molecule is NC(C(=O)NC1C(=O)N2C(C(=O)O)=C(CSc3c[nH]nn3)CS[C@@H]12)c1ccccc1. The molecule has 1 fully saturated rings. The molecule has 3 heterocycles. The highest BCUT2D eigenvalue weighted by Crippen LogP contribution is 2.41. The molecule has 3 atom stereocenters. The van der Waals surface area contributed by atoms with E-state index >= 15 is 0 Å².